The number of halogens is 2. The Kier molecular flexibility index (Phi) is 8.75. The van der Waals surface area contributed by atoms with Crippen molar-refractivity contribution in [1.82, 2.24) is 10.6 Å². The quantitative estimate of drug-likeness (QED) is 0.351. The lowest BCUT2D eigenvalue weighted by Crippen LogP contribution is -2.26. The van der Waals surface area contributed by atoms with E-state index in [4.69, 9.17) is 17.3 Å². The summed E-state index contributed by atoms with van der Waals surface area (Å²) in [5, 5.41) is 5.76. The third-order valence-electron chi connectivity index (χ3n) is 3.55. The van der Waals surface area contributed by atoms with Crippen molar-refractivity contribution in [3.05, 3.63) is 70.3 Å². The van der Waals surface area contributed by atoms with Crippen LogP contribution in [0, 0.1) is 5.82 Å². The number of benzene rings is 1. The number of rotatable bonds is 9. The van der Waals surface area contributed by atoms with Crippen LogP contribution in [0.3, 0.4) is 0 Å². The van der Waals surface area contributed by atoms with Crippen molar-refractivity contribution < 1.29 is 9.18 Å². The molecule has 140 valence electrons. The first-order valence-corrected chi connectivity index (χ1v) is 8.42. The zero-order valence-corrected chi connectivity index (χ0v) is 15.8. The van der Waals surface area contributed by atoms with Crippen LogP contribution in [-0.4, -0.2) is 25.7 Å². The minimum absolute atomic E-state index is 0.00387. The van der Waals surface area contributed by atoms with E-state index in [9.17, 15) is 9.18 Å². The molecule has 0 aliphatic carbocycles. The van der Waals surface area contributed by atoms with Crippen LogP contribution in [0.4, 0.5) is 4.39 Å². The standard InChI is InChI=1S/C19H24ClFN4O/c1-5-24-18(13(3)22)15(8-9-23-4)12(2)19(26)25-11-14-6-7-17(21)16(20)10-14/h5-7,10,23H,2-3,8-9,11,22H2,1,4H3,(H,25,26)/b18-15-,24-5?. The number of aliphatic imine (C=N–C) groups is 1. The molecule has 0 unspecified atom stereocenters. The van der Waals surface area contributed by atoms with Crippen molar-refractivity contribution in [3.63, 3.8) is 0 Å². The largest absolute Gasteiger partial charge is 0.397 e. The zero-order valence-electron chi connectivity index (χ0n) is 15.0. The summed E-state index contributed by atoms with van der Waals surface area (Å²) in [7, 11) is 1.80. The van der Waals surface area contributed by atoms with Gasteiger partial charge in [0.15, 0.2) is 0 Å². The molecule has 26 heavy (non-hydrogen) atoms. The van der Waals surface area contributed by atoms with Gasteiger partial charge >= 0.3 is 0 Å². The van der Waals surface area contributed by atoms with Crippen molar-refractivity contribution in [2.45, 2.75) is 19.9 Å². The van der Waals surface area contributed by atoms with Gasteiger partial charge in [0.25, 0.3) is 5.91 Å². The van der Waals surface area contributed by atoms with Gasteiger partial charge in [-0.1, -0.05) is 30.8 Å². The molecule has 0 spiro atoms. The summed E-state index contributed by atoms with van der Waals surface area (Å²) in [4.78, 5) is 16.7. The van der Waals surface area contributed by atoms with Crippen molar-refractivity contribution in [1.29, 1.82) is 0 Å². The third-order valence-corrected chi connectivity index (χ3v) is 3.84. The maximum atomic E-state index is 13.2. The normalized spacial score (nSPS) is 12.0. The SMILES string of the molecule is C=C(C(=O)NCc1ccc(F)c(Cl)c1)/C(CCNC)=C(\N=CC)C(=C)N. The minimum Gasteiger partial charge on any atom is -0.397 e. The molecule has 0 saturated heterocycles. The van der Waals surface area contributed by atoms with Crippen LogP contribution < -0.4 is 16.4 Å². The van der Waals surface area contributed by atoms with Crippen LogP contribution in [0.15, 0.2) is 58.9 Å². The molecule has 0 heterocycles. The lowest BCUT2D eigenvalue weighted by molar-refractivity contribution is -0.117. The maximum absolute atomic E-state index is 13.2. The van der Waals surface area contributed by atoms with E-state index >= 15 is 0 Å². The summed E-state index contributed by atoms with van der Waals surface area (Å²) in [6, 6.07) is 4.27. The van der Waals surface area contributed by atoms with Crippen molar-refractivity contribution in [2.75, 3.05) is 13.6 Å². The number of hydrogen-bond acceptors (Lipinski definition) is 4. The molecular formula is C19H24ClFN4O. The second-order valence-electron chi connectivity index (χ2n) is 5.50. The lowest BCUT2D eigenvalue weighted by atomic mass is 9.99. The predicted octanol–water partition coefficient (Wildman–Crippen LogP) is 3.08. The molecule has 0 aromatic heterocycles. The highest BCUT2D eigenvalue weighted by Gasteiger charge is 2.17. The Balaban J connectivity index is 2.98. The van der Waals surface area contributed by atoms with E-state index in [1.54, 1.807) is 26.3 Å². The summed E-state index contributed by atoms with van der Waals surface area (Å²) < 4.78 is 13.2. The number of nitrogens with two attached hydrogens (primary N) is 1. The van der Waals surface area contributed by atoms with Crippen LogP contribution in [0.1, 0.15) is 18.9 Å². The maximum Gasteiger partial charge on any atom is 0.251 e. The van der Waals surface area contributed by atoms with E-state index in [-0.39, 0.29) is 28.7 Å². The highest BCUT2D eigenvalue weighted by molar-refractivity contribution is 6.30. The Bertz CT molecular complexity index is 756. The van der Waals surface area contributed by atoms with Crippen LogP contribution in [0.5, 0.6) is 0 Å². The summed E-state index contributed by atoms with van der Waals surface area (Å²) in [6.45, 7) is 10.2. The number of carbonyl (C=O) groups excluding carboxylic acids is 1. The summed E-state index contributed by atoms with van der Waals surface area (Å²) in [5.41, 5.74) is 8.05. The van der Waals surface area contributed by atoms with Gasteiger partial charge < -0.3 is 16.4 Å². The molecule has 1 amide bonds. The zero-order chi connectivity index (χ0) is 19.7. The molecule has 4 N–H and O–H groups in total. The Hall–Kier alpha value is -2.44. The molecule has 5 nitrogen and oxygen atoms in total. The van der Waals surface area contributed by atoms with Crippen molar-refractivity contribution in [2.24, 2.45) is 10.7 Å². The summed E-state index contributed by atoms with van der Waals surface area (Å²) in [5.74, 6) is -0.881. The van der Waals surface area contributed by atoms with Gasteiger partial charge in [-0.3, -0.25) is 9.79 Å². The fourth-order valence-corrected chi connectivity index (χ4v) is 2.42. The van der Waals surface area contributed by atoms with E-state index in [1.807, 2.05) is 0 Å². The fraction of sp³-hybridized carbons (Fsp3) is 0.263. The van der Waals surface area contributed by atoms with Gasteiger partial charge in [-0.05, 0) is 50.2 Å². The van der Waals surface area contributed by atoms with Gasteiger partial charge in [-0.15, -0.1) is 0 Å². The second kappa shape index (κ2) is 10.5. The number of carbonyl (C=O) groups is 1. The van der Waals surface area contributed by atoms with Crippen molar-refractivity contribution in [3.8, 4) is 0 Å². The summed E-state index contributed by atoms with van der Waals surface area (Å²) >= 11 is 5.75. The number of amides is 1. The molecule has 1 aromatic carbocycles. The molecule has 0 atom stereocenters. The predicted molar refractivity (Wildman–Crippen MR) is 105 cm³/mol. The Labute approximate surface area is 158 Å². The highest BCUT2D eigenvalue weighted by atomic mass is 35.5. The van der Waals surface area contributed by atoms with E-state index < -0.39 is 5.82 Å². The molecule has 0 saturated carbocycles. The summed E-state index contributed by atoms with van der Waals surface area (Å²) in [6.07, 6.45) is 2.09. The van der Waals surface area contributed by atoms with Gasteiger partial charge in [0.05, 0.1) is 16.4 Å². The molecule has 1 aromatic rings. The van der Waals surface area contributed by atoms with Gasteiger partial charge in [-0.25, -0.2) is 4.39 Å². The average Bonchev–Trinajstić information content (AvgIpc) is 2.61. The van der Waals surface area contributed by atoms with Crippen molar-refractivity contribution >= 4 is 23.7 Å². The van der Waals surface area contributed by atoms with Crippen LogP contribution in [-0.2, 0) is 11.3 Å². The first kappa shape index (κ1) is 21.6. The Morgan fingerprint density at radius 3 is 2.65 bits per heavy atom. The second-order valence-corrected chi connectivity index (χ2v) is 5.91. The van der Waals surface area contributed by atoms with Crippen LogP contribution >= 0.6 is 11.6 Å². The highest BCUT2D eigenvalue weighted by Crippen LogP contribution is 2.22. The molecule has 0 aliphatic rings. The van der Waals surface area contributed by atoms with Gasteiger partial charge in [0, 0.05) is 18.3 Å². The van der Waals surface area contributed by atoms with Crippen LogP contribution in [0.25, 0.3) is 0 Å². The van der Waals surface area contributed by atoms with Gasteiger partial charge in [0.1, 0.15) is 5.82 Å². The topological polar surface area (TPSA) is 79.5 Å². The lowest BCUT2D eigenvalue weighted by Gasteiger charge is -2.15. The number of nitrogens with zero attached hydrogens (tertiary/aromatic N) is 1. The third kappa shape index (κ3) is 6.13. The molecular weight excluding hydrogens is 355 g/mol. The van der Waals surface area contributed by atoms with Crippen LogP contribution in [0.2, 0.25) is 5.02 Å². The average molecular weight is 379 g/mol. The van der Waals surface area contributed by atoms with E-state index in [0.29, 0.717) is 29.8 Å². The first-order chi connectivity index (χ1) is 12.3. The molecule has 0 fully saturated rings. The molecule has 7 heteroatoms. The van der Waals surface area contributed by atoms with E-state index in [2.05, 4.69) is 28.8 Å². The van der Waals surface area contributed by atoms with E-state index in [1.165, 1.54) is 12.1 Å². The molecule has 0 radical (unpaired) electrons. The van der Waals surface area contributed by atoms with Gasteiger partial charge in [0.2, 0.25) is 0 Å². The molecule has 1 rings (SSSR count). The van der Waals surface area contributed by atoms with E-state index in [0.717, 1.165) is 0 Å². The first-order valence-electron chi connectivity index (χ1n) is 8.04. The Morgan fingerprint density at radius 2 is 2.12 bits per heavy atom. The minimum atomic E-state index is -0.507. The fourth-order valence-electron chi connectivity index (χ4n) is 2.22. The Morgan fingerprint density at radius 1 is 1.42 bits per heavy atom. The monoisotopic (exact) mass is 378 g/mol. The number of nitrogens with one attached hydrogen (secondary N) is 2. The number of hydrogen-bond donors (Lipinski definition) is 3. The molecule has 0 bridgehead atoms. The van der Waals surface area contributed by atoms with Gasteiger partial charge in [-0.2, -0.15) is 0 Å². The molecule has 0 aliphatic heterocycles. The smallest absolute Gasteiger partial charge is 0.251 e.